The normalized spacial score (nSPS) is 19.2. The molecule has 0 amide bonds. The molecule has 1 aromatic carbocycles. The molecular weight excluding hydrogens is 296 g/mol. The number of aryl methyl sites for hydroxylation is 2. The van der Waals surface area contributed by atoms with Crippen LogP contribution >= 0.6 is 0 Å². The van der Waals surface area contributed by atoms with Crippen LogP contribution in [0.5, 0.6) is 0 Å². The molecule has 3 rings (SSSR count). The monoisotopic (exact) mass is 319 g/mol. The van der Waals surface area contributed by atoms with E-state index < -0.39 is 11.6 Å². The van der Waals surface area contributed by atoms with E-state index in [2.05, 4.69) is 14.5 Å². The van der Waals surface area contributed by atoms with Gasteiger partial charge in [0.05, 0.1) is 6.54 Å². The Kier molecular flexibility index (Phi) is 5.06. The Hall–Kier alpha value is -1.75. The van der Waals surface area contributed by atoms with E-state index in [1.165, 1.54) is 25.0 Å². The van der Waals surface area contributed by atoms with Crippen molar-refractivity contribution in [1.29, 1.82) is 0 Å². The predicted molar refractivity (Wildman–Crippen MR) is 85.9 cm³/mol. The Bertz CT molecular complexity index is 653. The van der Waals surface area contributed by atoms with Gasteiger partial charge in [-0.15, -0.1) is 0 Å². The van der Waals surface area contributed by atoms with Crippen molar-refractivity contribution >= 4 is 0 Å². The van der Waals surface area contributed by atoms with Gasteiger partial charge in [-0.05, 0) is 55.8 Å². The van der Waals surface area contributed by atoms with Gasteiger partial charge in [-0.25, -0.2) is 13.8 Å². The van der Waals surface area contributed by atoms with Crippen LogP contribution in [0.4, 0.5) is 8.78 Å². The molecule has 3 nitrogen and oxygen atoms in total. The summed E-state index contributed by atoms with van der Waals surface area (Å²) in [6.07, 6.45) is 8.02. The first-order valence-electron chi connectivity index (χ1n) is 8.24. The first-order valence-corrected chi connectivity index (χ1v) is 8.24. The minimum Gasteiger partial charge on any atom is -0.337 e. The van der Waals surface area contributed by atoms with Crippen molar-refractivity contribution in [1.82, 2.24) is 14.5 Å². The summed E-state index contributed by atoms with van der Waals surface area (Å²) in [5.41, 5.74) is 0.880. The van der Waals surface area contributed by atoms with E-state index in [0.717, 1.165) is 43.9 Å². The summed E-state index contributed by atoms with van der Waals surface area (Å²) < 4.78 is 28.3. The zero-order valence-corrected chi connectivity index (χ0v) is 13.5. The van der Waals surface area contributed by atoms with Gasteiger partial charge in [0.2, 0.25) is 0 Å². The highest BCUT2D eigenvalue weighted by Gasteiger charge is 2.21. The maximum atomic E-state index is 13.3. The van der Waals surface area contributed by atoms with Crippen LogP contribution in [0.2, 0.25) is 0 Å². The van der Waals surface area contributed by atoms with E-state index in [9.17, 15) is 8.78 Å². The molecule has 1 fully saturated rings. The number of hydrogen-bond donors (Lipinski definition) is 0. The fraction of sp³-hybridized carbons (Fsp3) is 0.500. The van der Waals surface area contributed by atoms with Gasteiger partial charge in [0.15, 0.2) is 11.6 Å². The summed E-state index contributed by atoms with van der Waals surface area (Å²) in [6.45, 7) is 3.04. The van der Waals surface area contributed by atoms with Gasteiger partial charge in [-0.2, -0.15) is 0 Å². The molecule has 124 valence electrons. The van der Waals surface area contributed by atoms with Crippen molar-refractivity contribution in [3.05, 3.63) is 53.6 Å². The van der Waals surface area contributed by atoms with E-state index in [1.54, 1.807) is 6.07 Å². The largest absolute Gasteiger partial charge is 0.337 e. The topological polar surface area (TPSA) is 21.1 Å². The third kappa shape index (κ3) is 4.16. The summed E-state index contributed by atoms with van der Waals surface area (Å²) in [5, 5.41) is 0. The van der Waals surface area contributed by atoms with E-state index in [1.807, 2.05) is 19.4 Å². The molecule has 1 atom stereocenters. The molecule has 1 aliphatic heterocycles. The van der Waals surface area contributed by atoms with Crippen LogP contribution in [0.15, 0.2) is 30.6 Å². The zero-order valence-electron chi connectivity index (χ0n) is 13.5. The van der Waals surface area contributed by atoms with Gasteiger partial charge >= 0.3 is 0 Å². The number of nitrogens with zero attached hydrogens (tertiary/aromatic N) is 3. The van der Waals surface area contributed by atoms with Crippen molar-refractivity contribution in [2.75, 3.05) is 13.1 Å². The SMILES string of the molecule is Cn1ccnc1CN1CCCC(CCc2ccc(F)c(F)c2)C1. The average molecular weight is 319 g/mol. The third-order valence-corrected chi connectivity index (χ3v) is 4.71. The Morgan fingerprint density at radius 1 is 1.26 bits per heavy atom. The van der Waals surface area contributed by atoms with Crippen molar-refractivity contribution in [2.45, 2.75) is 32.2 Å². The fourth-order valence-electron chi connectivity index (χ4n) is 3.35. The first kappa shape index (κ1) is 16.1. The number of imidazole rings is 1. The van der Waals surface area contributed by atoms with E-state index >= 15 is 0 Å². The molecule has 0 aliphatic carbocycles. The summed E-state index contributed by atoms with van der Waals surface area (Å²) in [5.74, 6) is 0.179. The van der Waals surface area contributed by atoms with Gasteiger partial charge in [0.25, 0.3) is 0 Å². The summed E-state index contributed by atoms with van der Waals surface area (Å²) in [7, 11) is 2.02. The molecule has 1 saturated heterocycles. The third-order valence-electron chi connectivity index (χ3n) is 4.71. The van der Waals surface area contributed by atoms with Gasteiger partial charge < -0.3 is 4.57 Å². The molecular formula is C18H23F2N3. The number of halogens is 2. The van der Waals surface area contributed by atoms with Crippen LogP contribution in [0.1, 0.15) is 30.7 Å². The van der Waals surface area contributed by atoms with E-state index in [-0.39, 0.29) is 0 Å². The number of benzene rings is 1. The van der Waals surface area contributed by atoms with Crippen molar-refractivity contribution in [2.24, 2.45) is 13.0 Å². The lowest BCUT2D eigenvalue weighted by atomic mass is 9.91. The summed E-state index contributed by atoms with van der Waals surface area (Å²) in [4.78, 5) is 6.84. The van der Waals surface area contributed by atoms with Crippen LogP contribution in [0.25, 0.3) is 0 Å². The summed E-state index contributed by atoms with van der Waals surface area (Å²) in [6, 6.07) is 4.23. The lowest BCUT2D eigenvalue weighted by Crippen LogP contribution is -2.35. The zero-order chi connectivity index (χ0) is 16.2. The Labute approximate surface area is 135 Å². The molecule has 2 aromatic rings. The lowest BCUT2D eigenvalue weighted by molar-refractivity contribution is 0.157. The standard InChI is InChI=1S/C18H23F2N3/c1-22-10-8-21-18(22)13-23-9-2-3-15(12-23)5-4-14-6-7-16(19)17(20)11-14/h6-8,10-11,15H,2-5,9,12-13H2,1H3. The molecule has 2 heterocycles. The van der Waals surface area contributed by atoms with Gasteiger partial charge in [-0.1, -0.05) is 6.07 Å². The number of likely N-dealkylation sites (tertiary alicyclic amines) is 1. The van der Waals surface area contributed by atoms with Gasteiger partial charge in [-0.3, -0.25) is 4.90 Å². The molecule has 1 aromatic heterocycles. The van der Waals surface area contributed by atoms with Crippen LogP contribution in [0.3, 0.4) is 0 Å². The minimum absolute atomic E-state index is 0.608. The first-order chi connectivity index (χ1) is 11.1. The second kappa shape index (κ2) is 7.21. The Morgan fingerprint density at radius 3 is 2.87 bits per heavy atom. The van der Waals surface area contributed by atoms with Crippen molar-refractivity contribution in [3.63, 3.8) is 0 Å². The Balaban J connectivity index is 1.52. The molecule has 0 radical (unpaired) electrons. The minimum atomic E-state index is -0.771. The molecule has 5 heteroatoms. The molecule has 0 spiro atoms. The lowest BCUT2D eigenvalue weighted by Gasteiger charge is -2.32. The average Bonchev–Trinajstić information content (AvgIpc) is 2.94. The molecule has 0 saturated carbocycles. The van der Waals surface area contributed by atoms with Crippen molar-refractivity contribution < 1.29 is 8.78 Å². The van der Waals surface area contributed by atoms with E-state index in [4.69, 9.17) is 0 Å². The smallest absolute Gasteiger partial charge is 0.159 e. The van der Waals surface area contributed by atoms with Crippen LogP contribution in [-0.4, -0.2) is 27.5 Å². The van der Waals surface area contributed by atoms with E-state index in [0.29, 0.717) is 5.92 Å². The molecule has 1 unspecified atom stereocenters. The highest BCUT2D eigenvalue weighted by Crippen LogP contribution is 2.23. The van der Waals surface area contributed by atoms with Gasteiger partial charge in [0, 0.05) is 26.0 Å². The number of piperidine rings is 1. The molecule has 23 heavy (non-hydrogen) atoms. The van der Waals surface area contributed by atoms with Gasteiger partial charge in [0.1, 0.15) is 5.82 Å². The highest BCUT2D eigenvalue weighted by atomic mass is 19.2. The predicted octanol–water partition coefficient (Wildman–Crippen LogP) is 3.54. The maximum absolute atomic E-state index is 13.3. The van der Waals surface area contributed by atoms with Crippen LogP contribution in [-0.2, 0) is 20.0 Å². The quantitative estimate of drug-likeness (QED) is 0.840. The molecule has 1 aliphatic rings. The number of aromatic nitrogens is 2. The number of hydrogen-bond acceptors (Lipinski definition) is 2. The molecule has 0 N–H and O–H groups in total. The Morgan fingerprint density at radius 2 is 2.13 bits per heavy atom. The summed E-state index contributed by atoms with van der Waals surface area (Å²) >= 11 is 0. The second-order valence-electron chi connectivity index (χ2n) is 6.48. The molecule has 0 bridgehead atoms. The fourth-order valence-corrected chi connectivity index (χ4v) is 3.35. The van der Waals surface area contributed by atoms with Crippen molar-refractivity contribution in [3.8, 4) is 0 Å². The van der Waals surface area contributed by atoms with Crippen LogP contribution in [0, 0.1) is 17.6 Å². The maximum Gasteiger partial charge on any atom is 0.159 e. The highest BCUT2D eigenvalue weighted by molar-refractivity contribution is 5.17. The van der Waals surface area contributed by atoms with Crippen LogP contribution < -0.4 is 0 Å². The second-order valence-corrected chi connectivity index (χ2v) is 6.48. The number of rotatable bonds is 5.